The van der Waals surface area contributed by atoms with Crippen molar-refractivity contribution in [2.24, 2.45) is 5.73 Å². The highest BCUT2D eigenvalue weighted by atomic mass is 32.1. The molecule has 7 heteroatoms. The summed E-state index contributed by atoms with van der Waals surface area (Å²) in [4.78, 5) is 28.1. The Hall–Kier alpha value is -2.38. The van der Waals surface area contributed by atoms with Crippen molar-refractivity contribution >= 4 is 34.0 Å². The van der Waals surface area contributed by atoms with Gasteiger partial charge in [0.05, 0.1) is 5.56 Å². The molecule has 1 aromatic heterocycles. The molecule has 1 aliphatic heterocycles. The summed E-state index contributed by atoms with van der Waals surface area (Å²) in [5.74, 6) is -0.480. The normalized spacial score (nSPS) is 16.2. The van der Waals surface area contributed by atoms with E-state index in [1.165, 1.54) is 35.3 Å². The van der Waals surface area contributed by atoms with Crippen LogP contribution in [0, 0.1) is 0 Å². The van der Waals surface area contributed by atoms with Crippen molar-refractivity contribution in [3.63, 3.8) is 0 Å². The Labute approximate surface area is 169 Å². The summed E-state index contributed by atoms with van der Waals surface area (Å²) in [7, 11) is 0. The van der Waals surface area contributed by atoms with Gasteiger partial charge in [-0.3, -0.25) is 15.0 Å². The maximum atomic E-state index is 12.6. The fourth-order valence-electron chi connectivity index (χ4n) is 4.15. The number of nitrogens with one attached hydrogen (secondary N) is 2. The number of fused-ring (bicyclic) bond motifs is 2. The Morgan fingerprint density at radius 1 is 1.14 bits per heavy atom. The number of carbonyl (C=O) groups excluding carboxylic acids is 2. The first-order valence-electron chi connectivity index (χ1n) is 9.91. The van der Waals surface area contributed by atoms with Gasteiger partial charge in [-0.2, -0.15) is 0 Å². The number of aryl methyl sites for hydroxylation is 2. The molecule has 3 amide bonds. The van der Waals surface area contributed by atoms with Crippen LogP contribution in [0.2, 0.25) is 0 Å². The molecule has 28 heavy (non-hydrogen) atoms. The molecule has 1 aromatic carbocycles. The van der Waals surface area contributed by atoms with Crippen LogP contribution in [-0.2, 0) is 25.8 Å². The summed E-state index contributed by atoms with van der Waals surface area (Å²) < 4.78 is 0. The standard InChI is InChI=1S/C21H26N4O2S/c1-2-25-10-9-16-17(12-25)28-20(18(16)19(22)26)24-21(27)23-15-8-7-13-5-3-4-6-14(13)11-15/h7-8,11H,2-6,9-10,12H2,1H3,(H2,22,26)(H2,23,24,27). The number of hydrogen-bond acceptors (Lipinski definition) is 4. The molecule has 0 spiro atoms. The molecule has 0 saturated carbocycles. The van der Waals surface area contributed by atoms with Gasteiger partial charge in [0.25, 0.3) is 5.91 Å². The van der Waals surface area contributed by atoms with Crippen molar-refractivity contribution in [3.05, 3.63) is 45.3 Å². The van der Waals surface area contributed by atoms with Crippen LogP contribution in [0.1, 0.15) is 51.7 Å². The highest BCUT2D eigenvalue weighted by Crippen LogP contribution is 2.37. The zero-order chi connectivity index (χ0) is 19.7. The molecule has 0 radical (unpaired) electrons. The summed E-state index contributed by atoms with van der Waals surface area (Å²) >= 11 is 1.46. The molecule has 2 aliphatic rings. The summed E-state index contributed by atoms with van der Waals surface area (Å²) in [6, 6.07) is 5.75. The van der Waals surface area contributed by atoms with Crippen LogP contribution in [0.5, 0.6) is 0 Å². The highest BCUT2D eigenvalue weighted by Gasteiger charge is 2.27. The molecule has 0 saturated heterocycles. The molecule has 4 N–H and O–H groups in total. The Kier molecular flexibility index (Phi) is 5.37. The van der Waals surface area contributed by atoms with Gasteiger partial charge >= 0.3 is 6.03 Å². The van der Waals surface area contributed by atoms with Crippen molar-refractivity contribution in [3.8, 4) is 0 Å². The monoisotopic (exact) mass is 398 g/mol. The molecule has 2 heterocycles. The van der Waals surface area contributed by atoms with E-state index in [4.69, 9.17) is 5.73 Å². The lowest BCUT2D eigenvalue weighted by molar-refractivity contribution is 0.1000. The maximum Gasteiger partial charge on any atom is 0.324 e. The molecule has 4 rings (SSSR count). The van der Waals surface area contributed by atoms with Crippen LogP contribution in [0.25, 0.3) is 0 Å². The van der Waals surface area contributed by atoms with Gasteiger partial charge in [-0.1, -0.05) is 13.0 Å². The molecule has 0 atom stereocenters. The molecular formula is C21H26N4O2S. The SMILES string of the molecule is CCN1CCc2c(sc(NC(=O)Nc3ccc4c(c3)CCCC4)c2C(N)=O)C1. The first-order chi connectivity index (χ1) is 13.5. The first kappa shape index (κ1) is 19.0. The Morgan fingerprint density at radius 2 is 1.93 bits per heavy atom. The van der Waals surface area contributed by atoms with Crippen molar-refractivity contribution in [2.75, 3.05) is 23.7 Å². The van der Waals surface area contributed by atoms with Gasteiger partial charge in [0.1, 0.15) is 5.00 Å². The number of anilines is 2. The third-order valence-corrected chi connectivity index (χ3v) is 6.80. The van der Waals surface area contributed by atoms with Gasteiger partial charge in [-0.25, -0.2) is 4.79 Å². The van der Waals surface area contributed by atoms with E-state index in [-0.39, 0.29) is 6.03 Å². The predicted octanol–water partition coefficient (Wildman–Crippen LogP) is 3.75. The average molecular weight is 399 g/mol. The second-order valence-corrected chi connectivity index (χ2v) is 8.57. The van der Waals surface area contributed by atoms with E-state index < -0.39 is 5.91 Å². The summed E-state index contributed by atoms with van der Waals surface area (Å²) in [5, 5.41) is 6.31. The van der Waals surface area contributed by atoms with E-state index in [0.29, 0.717) is 10.6 Å². The quantitative estimate of drug-likeness (QED) is 0.733. The molecule has 1 aliphatic carbocycles. The zero-order valence-electron chi connectivity index (χ0n) is 16.1. The number of nitrogens with zero attached hydrogens (tertiary/aromatic N) is 1. The van der Waals surface area contributed by atoms with Gasteiger partial charge in [0, 0.05) is 23.7 Å². The largest absolute Gasteiger partial charge is 0.365 e. The van der Waals surface area contributed by atoms with Crippen LogP contribution < -0.4 is 16.4 Å². The van der Waals surface area contributed by atoms with E-state index >= 15 is 0 Å². The predicted molar refractivity (Wildman–Crippen MR) is 113 cm³/mol. The Morgan fingerprint density at radius 3 is 2.68 bits per heavy atom. The van der Waals surface area contributed by atoms with E-state index in [2.05, 4.69) is 34.6 Å². The van der Waals surface area contributed by atoms with E-state index in [9.17, 15) is 9.59 Å². The molecule has 0 unspecified atom stereocenters. The molecule has 2 aromatic rings. The number of benzene rings is 1. The second-order valence-electron chi connectivity index (χ2n) is 7.46. The first-order valence-corrected chi connectivity index (χ1v) is 10.7. The zero-order valence-corrected chi connectivity index (χ0v) is 17.0. The minimum Gasteiger partial charge on any atom is -0.365 e. The number of nitrogens with two attached hydrogens (primary N) is 1. The minimum atomic E-state index is -0.480. The topological polar surface area (TPSA) is 87.5 Å². The van der Waals surface area contributed by atoms with Gasteiger partial charge in [0.15, 0.2) is 0 Å². The number of rotatable bonds is 4. The molecule has 0 bridgehead atoms. The minimum absolute atomic E-state index is 0.343. The van der Waals surface area contributed by atoms with Crippen LogP contribution in [0.4, 0.5) is 15.5 Å². The molecular weight excluding hydrogens is 372 g/mol. The van der Waals surface area contributed by atoms with E-state index in [1.54, 1.807) is 0 Å². The Bertz CT molecular complexity index is 921. The van der Waals surface area contributed by atoms with Crippen LogP contribution in [0.3, 0.4) is 0 Å². The fraction of sp³-hybridized carbons (Fsp3) is 0.429. The Balaban J connectivity index is 1.51. The van der Waals surface area contributed by atoms with Crippen molar-refractivity contribution in [1.29, 1.82) is 0 Å². The summed E-state index contributed by atoms with van der Waals surface area (Å²) in [5.41, 5.74) is 10.6. The van der Waals surface area contributed by atoms with Crippen LogP contribution >= 0.6 is 11.3 Å². The third kappa shape index (κ3) is 3.77. The average Bonchev–Trinajstić information content (AvgIpc) is 3.04. The number of amides is 3. The van der Waals surface area contributed by atoms with Gasteiger partial charge < -0.3 is 11.1 Å². The van der Waals surface area contributed by atoms with Gasteiger partial charge in [0.2, 0.25) is 0 Å². The smallest absolute Gasteiger partial charge is 0.324 e. The number of hydrogen-bond donors (Lipinski definition) is 3. The maximum absolute atomic E-state index is 12.6. The van der Waals surface area contributed by atoms with Gasteiger partial charge in [-0.05, 0) is 67.5 Å². The number of thiophene rings is 1. The van der Waals surface area contributed by atoms with Crippen LogP contribution in [-0.4, -0.2) is 29.9 Å². The van der Waals surface area contributed by atoms with E-state index in [1.807, 2.05) is 6.07 Å². The third-order valence-electron chi connectivity index (χ3n) is 5.66. The number of primary amides is 1. The highest BCUT2D eigenvalue weighted by molar-refractivity contribution is 7.17. The van der Waals surface area contributed by atoms with Gasteiger partial charge in [-0.15, -0.1) is 11.3 Å². The lowest BCUT2D eigenvalue weighted by Gasteiger charge is -2.25. The number of carbonyl (C=O) groups is 2. The van der Waals surface area contributed by atoms with Crippen molar-refractivity contribution < 1.29 is 9.59 Å². The lowest BCUT2D eigenvalue weighted by Crippen LogP contribution is -2.30. The summed E-state index contributed by atoms with van der Waals surface area (Å²) in [6.45, 7) is 4.79. The summed E-state index contributed by atoms with van der Waals surface area (Å²) in [6.07, 6.45) is 5.38. The van der Waals surface area contributed by atoms with Crippen molar-refractivity contribution in [2.45, 2.75) is 45.6 Å². The van der Waals surface area contributed by atoms with Crippen LogP contribution in [0.15, 0.2) is 18.2 Å². The number of urea groups is 1. The fourth-order valence-corrected chi connectivity index (χ4v) is 5.44. The van der Waals surface area contributed by atoms with E-state index in [0.717, 1.165) is 55.0 Å². The molecule has 148 valence electrons. The second kappa shape index (κ2) is 7.93. The van der Waals surface area contributed by atoms with Crippen molar-refractivity contribution in [1.82, 2.24) is 4.90 Å². The molecule has 0 fully saturated rings. The lowest BCUT2D eigenvalue weighted by atomic mass is 9.91. The molecule has 6 nitrogen and oxygen atoms in total. The number of likely N-dealkylation sites (N-methyl/N-ethyl adjacent to an activating group) is 1.